The number of hydrogen-bond donors (Lipinski definition) is 0. The van der Waals surface area contributed by atoms with Gasteiger partial charge in [-0.1, -0.05) is 156 Å². The van der Waals surface area contributed by atoms with Gasteiger partial charge in [0.1, 0.15) is 0 Å². The first-order chi connectivity index (χ1) is 26.2. The molecule has 0 radical (unpaired) electrons. The van der Waals surface area contributed by atoms with Crippen LogP contribution < -0.4 is 0 Å². The van der Waals surface area contributed by atoms with Gasteiger partial charge in [0.15, 0.2) is 0 Å². The van der Waals surface area contributed by atoms with Gasteiger partial charge in [0.05, 0.1) is 0 Å². The Hall–Kier alpha value is -4.49. The monoisotopic (exact) mass is 770 g/mol. The molecule has 5 heteroatoms. The summed E-state index contributed by atoms with van der Waals surface area (Å²) < 4.78 is 0. The summed E-state index contributed by atoms with van der Waals surface area (Å²) in [6.07, 6.45) is 0. The summed E-state index contributed by atoms with van der Waals surface area (Å²) in [6.45, 7) is 0. The second kappa shape index (κ2) is 17.6. The highest BCUT2D eigenvalue weighted by Gasteiger charge is 2.15. The minimum absolute atomic E-state index is 1.21. The molecule has 53 heavy (non-hydrogen) atoms. The van der Waals surface area contributed by atoms with Crippen molar-refractivity contribution in [2.45, 2.75) is 49.0 Å². The highest BCUT2D eigenvalue weighted by Crippen LogP contribution is 2.45. The Kier molecular flexibility index (Phi) is 11.8. The summed E-state index contributed by atoms with van der Waals surface area (Å²) >= 11 is 9.06. The number of hydrogen-bond acceptors (Lipinski definition) is 5. The first-order valence-corrected chi connectivity index (χ1v) is 21.4. The highest BCUT2D eigenvalue weighted by atomic mass is 32.2. The van der Waals surface area contributed by atoms with Crippen LogP contribution >= 0.6 is 58.8 Å². The van der Waals surface area contributed by atoms with E-state index in [1.165, 1.54) is 71.2 Å². The van der Waals surface area contributed by atoms with Gasteiger partial charge in [0.2, 0.25) is 0 Å². The average Bonchev–Trinajstić information content (AvgIpc) is 3.21. The van der Waals surface area contributed by atoms with Gasteiger partial charge in [-0.05, 0) is 131 Å². The maximum atomic E-state index is 2.36. The lowest BCUT2D eigenvalue weighted by molar-refractivity contribution is 1.30. The Morgan fingerprint density at radius 1 is 0.208 bits per heavy atom. The smallest absolute Gasteiger partial charge is 0.0201 e. The third-order valence-electron chi connectivity index (χ3n) is 8.33. The first-order valence-electron chi connectivity index (χ1n) is 17.3. The molecule has 0 amide bonds. The molecular weight excluding hydrogens is 737 g/mol. The molecule has 0 saturated carbocycles. The normalized spacial score (nSPS) is 11.0. The fourth-order valence-corrected chi connectivity index (χ4v) is 10.5. The van der Waals surface area contributed by atoms with E-state index in [-0.39, 0.29) is 0 Å². The summed E-state index contributed by atoms with van der Waals surface area (Å²) in [5, 5.41) is 0. The Labute approximate surface area is 333 Å². The topological polar surface area (TPSA) is 0 Å². The lowest BCUT2D eigenvalue weighted by atomic mass is 10.1. The quantitative estimate of drug-likeness (QED) is 0.121. The maximum Gasteiger partial charge on any atom is 0.0201 e. The fraction of sp³-hybridized carbons (Fsp3) is 0. The molecule has 0 fully saturated rings. The molecule has 0 unspecified atom stereocenters. The first kappa shape index (κ1) is 35.5. The van der Waals surface area contributed by atoms with Crippen molar-refractivity contribution in [1.29, 1.82) is 0 Å². The molecule has 0 aliphatic carbocycles. The summed E-state index contributed by atoms with van der Waals surface area (Å²) in [4.78, 5) is 12.3. The van der Waals surface area contributed by atoms with E-state index in [0.717, 1.165) is 0 Å². The molecule has 0 heterocycles. The molecule has 8 aromatic rings. The molecule has 0 nitrogen and oxygen atoms in total. The molecule has 0 spiro atoms. The van der Waals surface area contributed by atoms with E-state index in [1.54, 1.807) is 47.0 Å². The number of rotatable bonds is 12. The zero-order valence-electron chi connectivity index (χ0n) is 28.7. The van der Waals surface area contributed by atoms with Gasteiger partial charge in [-0.3, -0.25) is 0 Å². The lowest BCUT2D eigenvalue weighted by Gasteiger charge is -2.17. The molecular formula is C48H34S5. The summed E-state index contributed by atoms with van der Waals surface area (Å²) in [5.74, 6) is 0. The minimum Gasteiger partial charge on any atom is -0.0901 e. The molecule has 0 N–H and O–H groups in total. The van der Waals surface area contributed by atoms with E-state index in [4.69, 9.17) is 0 Å². The van der Waals surface area contributed by atoms with Crippen molar-refractivity contribution >= 4 is 58.8 Å². The summed E-state index contributed by atoms with van der Waals surface area (Å²) in [7, 11) is 0. The van der Waals surface area contributed by atoms with Gasteiger partial charge in [0, 0.05) is 49.0 Å². The van der Waals surface area contributed by atoms with Crippen LogP contribution in [0.2, 0.25) is 0 Å². The Bertz CT molecular complexity index is 2240. The van der Waals surface area contributed by atoms with Crippen LogP contribution in [0, 0.1) is 0 Å². The SMILES string of the molecule is c1ccc(Sc2cccc(-c3cc(Sc4ccccc4)ccc3Sc3ccc(Sc4ccccc4)cc3-c3cccc(Sc4ccccc4)c3)c2)cc1. The standard InChI is InChI=1S/C48H34S5/c1-5-17-37(18-6-1)49-41-25-13-15-35(31-41)45-33-43(51-39-21-9-3-10-22-39)27-29-47(45)53-48-30-28-44(52-40-23-11-4-12-24-40)34-46(48)36-16-14-26-42(32-36)50-38-19-7-2-8-20-38/h1-34H. The highest BCUT2D eigenvalue weighted by molar-refractivity contribution is 8.00. The Morgan fingerprint density at radius 2 is 0.509 bits per heavy atom. The van der Waals surface area contributed by atoms with Gasteiger partial charge in [-0.15, -0.1) is 0 Å². The Morgan fingerprint density at radius 3 is 0.849 bits per heavy atom. The van der Waals surface area contributed by atoms with Crippen LogP contribution in [0.1, 0.15) is 0 Å². The predicted octanol–water partition coefficient (Wildman–Crippen LogP) is 15.8. The van der Waals surface area contributed by atoms with Gasteiger partial charge in [-0.2, -0.15) is 0 Å². The van der Waals surface area contributed by atoms with Gasteiger partial charge in [0.25, 0.3) is 0 Å². The molecule has 0 aromatic heterocycles. The zero-order chi connectivity index (χ0) is 35.7. The van der Waals surface area contributed by atoms with Crippen molar-refractivity contribution in [1.82, 2.24) is 0 Å². The molecule has 0 saturated heterocycles. The van der Waals surface area contributed by atoms with Crippen molar-refractivity contribution in [2.75, 3.05) is 0 Å². The Balaban J connectivity index is 1.19. The van der Waals surface area contributed by atoms with Crippen molar-refractivity contribution < 1.29 is 0 Å². The van der Waals surface area contributed by atoms with Crippen LogP contribution in [0.4, 0.5) is 0 Å². The largest absolute Gasteiger partial charge is 0.0901 e. The van der Waals surface area contributed by atoms with Crippen molar-refractivity contribution in [2.24, 2.45) is 0 Å². The predicted molar refractivity (Wildman–Crippen MR) is 230 cm³/mol. The van der Waals surface area contributed by atoms with Crippen LogP contribution in [-0.2, 0) is 0 Å². The van der Waals surface area contributed by atoms with Gasteiger partial charge >= 0.3 is 0 Å². The number of benzene rings is 8. The van der Waals surface area contributed by atoms with Crippen molar-refractivity contribution in [3.63, 3.8) is 0 Å². The van der Waals surface area contributed by atoms with Crippen molar-refractivity contribution in [3.8, 4) is 22.3 Å². The second-order valence-corrected chi connectivity index (χ2v) is 17.8. The third kappa shape index (κ3) is 9.55. The van der Waals surface area contributed by atoms with Crippen molar-refractivity contribution in [3.05, 3.63) is 206 Å². The van der Waals surface area contributed by atoms with Crippen LogP contribution in [0.15, 0.2) is 255 Å². The van der Waals surface area contributed by atoms with E-state index in [2.05, 4.69) is 206 Å². The molecule has 256 valence electrons. The molecule has 0 aliphatic rings. The molecule has 8 rings (SSSR count). The fourth-order valence-electron chi connectivity index (χ4n) is 5.85. The van der Waals surface area contributed by atoms with E-state index < -0.39 is 0 Å². The van der Waals surface area contributed by atoms with Gasteiger partial charge in [-0.25, -0.2) is 0 Å². The van der Waals surface area contributed by atoms with E-state index in [0.29, 0.717) is 0 Å². The van der Waals surface area contributed by atoms with E-state index in [1.807, 2.05) is 11.8 Å². The molecule has 0 atom stereocenters. The summed E-state index contributed by atoms with van der Waals surface area (Å²) in [6, 6.07) is 74.3. The molecule has 8 aromatic carbocycles. The summed E-state index contributed by atoms with van der Waals surface area (Å²) in [5.41, 5.74) is 4.88. The average molecular weight is 771 g/mol. The van der Waals surface area contributed by atoms with Gasteiger partial charge < -0.3 is 0 Å². The molecule has 0 bridgehead atoms. The van der Waals surface area contributed by atoms with Crippen LogP contribution in [0.3, 0.4) is 0 Å². The zero-order valence-corrected chi connectivity index (χ0v) is 32.8. The second-order valence-electron chi connectivity index (χ2n) is 12.1. The molecule has 0 aliphatic heterocycles. The maximum absolute atomic E-state index is 2.36. The van der Waals surface area contributed by atoms with E-state index >= 15 is 0 Å². The van der Waals surface area contributed by atoms with Crippen LogP contribution in [0.5, 0.6) is 0 Å². The van der Waals surface area contributed by atoms with Crippen LogP contribution in [0.25, 0.3) is 22.3 Å². The van der Waals surface area contributed by atoms with Crippen LogP contribution in [-0.4, -0.2) is 0 Å². The minimum atomic E-state index is 1.21. The lowest BCUT2D eigenvalue weighted by Crippen LogP contribution is -1.89. The third-order valence-corrected chi connectivity index (χ3v) is 13.5. The van der Waals surface area contributed by atoms with E-state index in [9.17, 15) is 0 Å².